The predicted octanol–water partition coefficient (Wildman–Crippen LogP) is 1.72. The molecule has 3 N–H and O–H groups in total. The van der Waals surface area contributed by atoms with Crippen LogP contribution in [-0.2, 0) is 0 Å². The zero-order valence-corrected chi connectivity index (χ0v) is 5.82. The zero-order chi connectivity index (χ0) is 9.35. The Morgan fingerprint density at radius 3 is 2.33 bits per heavy atom. The molecule has 1 rings (SSSR count). The second kappa shape index (κ2) is 2.78. The van der Waals surface area contributed by atoms with Crippen molar-refractivity contribution < 1.29 is 17.6 Å². The third-order valence-corrected chi connectivity index (χ3v) is 1.38. The van der Waals surface area contributed by atoms with E-state index in [-0.39, 0.29) is 5.56 Å². The van der Waals surface area contributed by atoms with E-state index in [0.29, 0.717) is 0 Å². The number of halogens is 4. The second-order valence-electron chi connectivity index (χ2n) is 2.30. The quantitative estimate of drug-likeness (QED) is 0.638. The molecule has 0 saturated heterocycles. The molecule has 0 unspecified atom stereocenters. The molecule has 0 bridgehead atoms. The molecule has 0 aromatic carbocycles. The summed E-state index contributed by atoms with van der Waals surface area (Å²) in [6.45, 7) is 0. The number of aromatic amines is 1. The van der Waals surface area contributed by atoms with E-state index in [9.17, 15) is 17.6 Å². The fourth-order valence-corrected chi connectivity index (χ4v) is 0.750. The smallest absolute Gasteiger partial charge is 0.338 e. The van der Waals surface area contributed by atoms with Crippen molar-refractivity contribution in [2.75, 3.05) is 0 Å². The Hall–Kier alpha value is -1.04. The van der Waals surface area contributed by atoms with Crippen LogP contribution in [0.25, 0.3) is 0 Å². The maximum absolute atomic E-state index is 12.2. The summed E-state index contributed by atoms with van der Waals surface area (Å²) in [7, 11) is 0. The van der Waals surface area contributed by atoms with Crippen LogP contribution < -0.4 is 5.73 Å². The Morgan fingerprint density at radius 2 is 2.00 bits per heavy atom. The Balaban J connectivity index is 2.85. The van der Waals surface area contributed by atoms with Crippen molar-refractivity contribution in [2.45, 2.75) is 12.2 Å². The standard InChI is InChI=1S/C6H6F4N2/c7-4-1-3(2-12-4)5(11)6(8,9)10/h1-2,5,12H,11H2/t5-/m1/s1. The van der Waals surface area contributed by atoms with E-state index in [1.54, 1.807) is 0 Å². The molecule has 6 heteroatoms. The molecule has 68 valence electrons. The van der Waals surface area contributed by atoms with Crippen LogP contribution in [0.2, 0.25) is 0 Å². The summed E-state index contributed by atoms with van der Waals surface area (Å²) in [4.78, 5) is 1.97. The lowest BCUT2D eigenvalue weighted by atomic mass is 10.1. The summed E-state index contributed by atoms with van der Waals surface area (Å²) in [5.41, 5.74) is 4.47. The second-order valence-corrected chi connectivity index (χ2v) is 2.30. The van der Waals surface area contributed by atoms with Crippen LogP contribution in [0, 0.1) is 5.95 Å². The van der Waals surface area contributed by atoms with E-state index >= 15 is 0 Å². The normalized spacial score (nSPS) is 14.8. The number of aromatic nitrogens is 1. The van der Waals surface area contributed by atoms with Crippen LogP contribution in [0.5, 0.6) is 0 Å². The molecular weight excluding hydrogens is 176 g/mol. The van der Waals surface area contributed by atoms with Gasteiger partial charge in [0.1, 0.15) is 6.04 Å². The van der Waals surface area contributed by atoms with E-state index in [4.69, 9.17) is 5.73 Å². The SMILES string of the molecule is N[C@H](c1c[nH]c(F)c1)C(F)(F)F. The monoisotopic (exact) mass is 182 g/mol. The number of nitrogens with two attached hydrogens (primary N) is 1. The van der Waals surface area contributed by atoms with Crippen molar-refractivity contribution in [1.82, 2.24) is 4.98 Å². The molecular formula is C6H6F4N2. The van der Waals surface area contributed by atoms with Crippen molar-refractivity contribution in [3.8, 4) is 0 Å². The van der Waals surface area contributed by atoms with Gasteiger partial charge in [-0.1, -0.05) is 0 Å². The first kappa shape index (κ1) is 9.05. The number of hydrogen-bond acceptors (Lipinski definition) is 1. The lowest BCUT2D eigenvalue weighted by molar-refractivity contribution is -0.149. The van der Waals surface area contributed by atoms with Gasteiger partial charge < -0.3 is 10.7 Å². The molecule has 2 nitrogen and oxygen atoms in total. The van der Waals surface area contributed by atoms with E-state index in [1.807, 2.05) is 4.98 Å². The third-order valence-electron chi connectivity index (χ3n) is 1.38. The van der Waals surface area contributed by atoms with Crippen molar-refractivity contribution in [3.05, 3.63) is 23.8 Å². The van der Waals surface area contributed by atoms with Gasteiger partial charge in [-0.25, -0.2) is 0 Å². The van der Waals surface area contributed by atoms with Crippen LogP contribution in [0.15, 0.2) is 12.3 Å². The minimum absolute atomic E-state index is 0.306. The first-order valence-corrected chi connectivity index (χ1v) is 3.07. The molecule has 0 aliphatic carbocycles. The summed E-state index contributed by atoms with van der Waals surface area (Å²) in [6.07, 6.45) is -3.64. The molecule has 1 aromatic rings. The molecule has 12 heavy (non-hydrogen) atoms. The van der Waals surface area contributed by atoms with Gasteiger partial charge in [0.05, 0.1) is 0 Å². The summed E-state index contributed by atoms with van der Waals surface area (Å²) in [6, 6.07) is -1.41. The summed E-state index contributed by atoms with van der Waals surface area (Å²) in [5.74, 6) is -0.829. The average Bonchev–Trinajstić information content (AvgIpc) is 2.32. The van der Waals surface area contributed by atoms with Gasteiger partial charge in [0.25, 0.3) is 0 Å². The third kappa shape index (κ3) is 1.76. The van der Waals surface area contributed by atoms with Gasteiger partial charge in [-0.2, -0.15) is 17.6 Å². The first-order valence-electron chi connectivity index (χ1n) is 3.07. The maximum Gasteiger partial charge on any atom is 0.407 e. The number of rotatable bonds is 1. The Kier molecular flexibility index (Phi) is 2.10. The molecule has 0 saturated carbocycles. The van der Waals surface area contributed by atoms with Gasteiger partial charge in [0.15, 0.2) is 5.95 Å². The van der Waals surface area contributed by atoms with Gasteiger partial charge in [-0.3, -0.25) is 0 Å². The van der Waals surface area contributed by atoms with Gasteiger partial charge in [-0.05, 0) is 11.6 Å². The first-order chi connectivity index (χ1) is 5.41. The van der Waals surface area contributed by atoms with E-state index in [0.717, 1.165) is 12.3 Å². The van der Waals surface area contributed by atoms with Crippen molar-refractivity contribution in [3.63, 3.8) is 0 Å². The van der Waals surface area contributed by atoms with Crippen molar-refractivity contribution >= 4 is 0 Å². The van der Waals surface area contributed by atoms with Crippen molar-refractivity contribution in [2.24, 2.45) is 5.73 Å². The van der Waals surface area contributed by atoms with Crippen LogP contribution in [-0.4, -0.2) is 11.2 Å². The highest BCUT2D eigenvalue weighted by atomic mass is 19.4. The zero-order valence-electron chi connectivity index (χ0n) is 5.82. The fourth-order valence-electron chi connectivity index (χ4n) is 0.750. The number of H-pyrrole nitrogens is 1. The maximum atomic E-state index is 12.2. The highest BCUT2D eigenvalue weighted by Gasteiger charge is 2.38. The summed E-state index contributed by atoms with van der Waals surface area (Å²) < 4.78 is 47.8. The number of alkyl halides is 3. The molecule has 0 radical (unpaired) electrons. The average molecular weight is 182 g/mol. The molecule has 0 aliphatic rings. The highest BCUT2D eigenvalue weighted by molar-refractivity contribution is 5.16. The molecule has 0 aliphatic heterocycles. The molecule has 1 heterocycles. The lowest BCUT2D eigenvalue weighted by Gasteiger charge is -2.13. The molecule has 0 amide bonds. The van der Waals surface area contributed by atoms with Crippen LogP contribution >= 0.6 is 0 Å². The minimum atomic E-state index is -4.53. The molecule has 1 atom stereocenters. The highest BCUT2D eigenvalue weighted by Crippen LogP contribution is 2.30. The Morgan fingerprint density at radius 1 is 1.42 bits per heavy atom. The van der Waals surface area contributed by atoms with Crippen LogP contribution in [0.1, 0.15) is 11.6 Å². The fraction of sp³-hybridized carbons (Fsp3) is 0.333. The summed E-state index contributed by atoms with van der Waals surface area (Å²) >= 11 is 0. The minimum Gasteiger partial charge on any atom is -0.338 e. The Labute approximate surface area is 65.4 Å². The van der Waals surface area contributed by atoms with Crippen LogP contribution in [0.4, 0.5) is 17.6 Å². The van der Waals surface area contributed by atoms with E-state index in [1.165, 1.54) is 0 Å². The predicted molar refractivity (Wildman–Crippen MR) is 33.7 cm³/mol. The van der Waals surface area contributed by atoms with E-state index < -0.39 is 18.2 Å². The lowest BCUT2D eigenvalue weighted by Crippen LogP contribution is -2.27. The van der Waals surface area contributed by atoms with Crippen LogP contribution in [0.3, 0.4) is 0 Å². The molecule has 0 fully saturated rings. The molecule has 1 aromatic heterocycles. The van der Waals surface area contributed by atoms with Gasteiger partial charge in [0.2, 0.25) is 0 Å². The Bertz CT molecular complexity index is 265. The molecule has 0 spiro atoms. The van der Waals surface area contributed by atoms with Crippen molar-refractivity contribution in [1.29, 1.82) is 0 Å². The number of nitrogens with one attached hydrogen (secondary N) is 1. The number of hydrogen-bond donors (Lipinski definition) is 2. The van der Waals surface area contributed by atoms with Gasteiger partial charge in [0, 0.05) is 6.20 Å². The largest absolute Gasteiger partial charge is 0.407 e. The topological polar surface area (TPSA) is 41.8 Å². The summed E-state index contributed by atoms with van der Waals surface area (Å²) in [5, 5.41) is 0. The van der Waals surface area contributed by atoms with Gasteiger partial charge >= 0.3 is 6.18 Å². The van der Waals surface area contributed by atoms with Gasteiger partial charge in [-0.15, -0.1) is 0 Å². The van der Waals surface area contributed by atoms with E-state index in [2.05, 4.69) is 0 Å².